The van der Waals surface area contributed by atoms with E-state index in [9.17, 15) is 0 Å². The van der Waals surface area contributed by atoms with E-state index in [0.717, 1.165) is 12.1 Å². The molecule has 0 spiro atoms. The standard InChI is InChI=1S/C16H17N/c1-14(15-9-5-3-6-10-15)13-17(2)16-11-7-4-8-12-16/h3-12H,1,13H2,2H3. The SMILES string of the molecule is C=C(CN(C)c1ccccc1)c1ccccc1. The lowest BCUT2D eigenvalue weighted by molar-refractivity contribution is 1.04. The van der Waals surface area contributed by atoms with Gasteiger partial charge in [0.1, 0.15) is 0 Å². The lowest BCUT2D eigenvalue weighted by Gasteiger charge is -2.20. The maximum absolute atomic E-state index is 4.15. The van der Waals surface area contributed by atoms with Gasteiger partial charge in [0, 0.05) is 19.3 Å². The van der Waals surface area contributed by atoms with E-state index >= 15 is 0 Å². The van der Waals surface area contributed by atoms with Gasteiger partial charge >= 0.3 is 0 Å². The topological polar surface area (TPSA) is 3.24 Å². The Labute approximate surface area is 103 Å². The van der Waals surface area contributed by atoms with E-state index in [0.29, 0.717) is 0 Å². The summed E-state index contributed by atoms with van der Waals surface area (Å²) in [5.74, 6) is 0. The Morgan fingerprint density at radius 2 is 1.47 bits per heavy atom. The van der Waals surface area contributed by atoms with Crippen LogP contribution in [0.25, 0.3) is 5.57 Å². The van der Waals surface area contributed by atoms with Gasteiger partial charge in [0.2, 0.25) is 0 Å². The minimum atomic E-state index is 0.841. The molecule has 0 aromatic heterocycles. The molecule has 86 valence electrons. The molecule has 0 fully saturated rings. The highest BCUT2D eigenvalue weighted by molar-refractivity contribution is 5.68. The molecule has 0 atom stereocenters. The predicted molar refractivity (Wildman–Crippen MR) is 75.2 cm³/mol. The summed E-state index contributed by atoms with van der Waals surface area (Å²) in [6.07, 6.45) is 0. The Balaban J connectivity index is 2.05. The molecule has 17 heavy (non-hydrogen) atoms. The highest BCUT2D eigenvalue weighted by Gasteiger charge is 2.03. The maximum Gasteiger partial charge on any atom is 0.0426 e. The lowest BCUT2D eigenvalue weighted by Crippen LogP contribution is -2.19. The van der Waals surface area contributed by atoms with Crippen LogP contribution in [0.15, 0.2) is 67.2 Å². The zero-order valence-electron chi connectivity index (χ0n) is 10.1. The normalized spacial score (nSPS) is 9.94. The highest BCUT2D eigenvalue weighted by atomic mass is 15.1. The molecular weight excluding hydrogens is 206 g/mol. The van der Waals surface area contributed by atoms with Crippen molar-refractivity contribution in [2.45, 2.75) is 0 Å². The zero-order valence-corrected chi connectivity index (χ0v) is 10.1. The van der Waals surface area contributed by atoms with E-state index in [-0.39, 0.29) is 0 Å². The van der Waals surface area contributed by atoms with Crippen LogP contribution in [0.4, 0.5) is 5.69 Å². The van der Waals surface area contributed by atoms with Gasteiger partial charge in [-0.25, -0.2) is 0 Å². The summed E-state index contributed by atoms with van der Waals surface area (Å²) in [7, 11) is 2.09. The van der Waals surface area contributed by atoms with Crippen LogP contribution in [0.2, 0.25) is 0 Å². The Hall–Kier alpha value is -2.02. The van der Waals surface area contributed by atoms with Crippen molar-refractivity contribution in [2.75, 3.05) is 18.5 Å². The summed E-state index contributed by atoms with van der Waals surface area (Å²) in [4.78, 5) is 2.20. The number of rotatable bonds is 4. The van der Waals surface area contributed by atoms with Crippen molar-refractivity contribution in [3.63, 3.8) is 0 Å². The third-order valence-corrected chi connectivity index (χ3v) is 2.81. The monoisotopic (exact) mass is 223 g/mol. The Morgan fingerprint density at radius 1 is 0.941 bits per heavy atom. The number of para-hydroxylation sites is 1. The van der Waals surface area contributed by atoms with E-state index < -0.39 is 0 Å². The third-order valence-electron chi connectivity index (χ3n) is 2.81. The predicted octanol–water partition coefficient (Wildman–Crippen LogP) is 3.84. The van der Waals surface area contributed by atoms with Gasteiger partial charge in [-0.15, -0.1) is 0 Å². The van der Waals surface area contributed by atoms with Crippen molar-refractivity contribution in [2.24, 2.45) is 0 Å². The number of hydrogen-bond acceptors (Lipinski definition) is 1. The molecule has 1 heteroatoms. The van der Waals surface area contributed by atoms with Gasteiger partial charge in [0.25, 0.3) is 0 Å². The van der Waals surface area contributed by atoms with Gasteiger partial charge < -0.3 is 4.90 Å². The van der Waals surface area contributed by atoms with E-state index in [4.69, 9.17) is 0 Å². The summed E-state index contributed by atoms with van der Waals surface area (Å²) in [5.41, 5.74) is 3.55. The molecule has 1 nitrogen and oxygen atoms in total. The van der Waals surface area contributed by atoms with Crippen molar-refractivity contribution >= 4 is 11.3 Å². The number of benzene rings is 2. The molecule has 0 aliphatic rings. The second-order valence-corrected chi connectivity index (χ2v) is 4.16. The first-order valence-electron chi connectivity index (χ1n) is 5.77. The molecule has 2 aromatic carbocycles. The molecule has 0 heterocycles. The van der Waals surface area contributed by atoms with Crippen LogP contribution in [0.1, 0.15) is 5.56 Å². The minimum Gasteiger partial charge on any atom is -0.370 e. The van der Waals surface area contributed by atoms with Crippen LogP contribution in [0.5, 0.6) is 0 Å². The van der Waals surface area contributed by atoms with Crippen LogP contribution in [-0.4, -0.2) is 13.6 Å². The van der Waals surface area contributed by atoms with E-state index in [1.54, 1.807) is 0 Å². The number of anilines is 1. The maximum atomic E-state index is 4.15. The van der Waals surface area contributed by atoms with Crippen LogP contribution >= 0.6 is 0 Å². The lowest BCUT2D eigenvalue weighted by atomic mass is 10.1. The van der Waals surface area contributed by atoms with Crippen molar-refractivity contribution in [1.29, 1.82) is 0 Å². The van der Waals surface area contributed by atoms with Crippen LogP contribution < -0.4 is 4.90 Å². The van der Waals surface area contributed by atoms with E-state index in [1.165, 1.54) is 11.3 Å². The first kappa shape index (κ1) is 11.5. The zero-order chi connectivity index (χ0) is 12.1. The smallest absolute Gasteiger partial charge is 0.0426 e. The summed E-state index contributed by atoms with van der Waals surface area (Å²) in [6, 6.07) is 20.7. The molecule has 2 aromatic rings. The van der Waals surface area contributed by atoms with E-state index in [1.807, 2.05) is 24.3 Å². The van der Waals surface area contributed by atoms with Crippen molar-refractivity contribution in [1.82, 2.24) is 0 Å². The molecule has 0 saturated heterocycles. The fourth-order valence-electron chi connectivity index (χ4n) is 1.83. The third kappa shape index (κ3) is 2.97. The fourth-order valence-corrected chi connectivity index (χ4v) is 1.83. The molecule has 0 amide bonds. The molecule has 2 rings (SSSR count). The second-order valence-electron chi connectivity index (χ2n) is 4.16. The van der Waals surface area contributed by atoms with E-state index in [2.05, 4.69) is 54.9 Å². The largest absolute Gasteiger partial charge is 0.370 e. The number of likely N-dealkylation sites (N-methyl/N-ethyl adjacent to an activating group) is 1. The van der Waals surface area contributed by atoms with Crippen LogP contribution in [0, 0.1) is 0 Å². The summed E-state index contributed by atoms with van der Waals surface area (Å²) in [6.45, 7) is 4.99. The van der Waals surface area contributed by atoms with Crippen LogP contribution in [-0.2, 0) is 0 Å². The molecule has 0 saturated carbocycles. The average molecular weight is 223 g/mol. The quantitative estimate of drug-likeness (QED) is 0.761. The fraction of sp³-hybridized carbons (Fsp3) is 0.125. The van der Waals surface area contributed by atoms with Crippen molar-refractivity contribution < 1.29 is 0 Å². The summed E-state index contributed by atoms with van der Waals surface area (Å²) in [5, 5.41) is 0. The Bertz CT molecular complexity index is 473. The van der Waals surface area contributed by atoms with Gasteiger partial charge in [0.05, 0.1) is 0 Å². The second kappa shape index (κ2) is 5.35. The molecule has 0 radical (unpaired) electrons. The Morgan fingerprint density at radius 3 is 2.06 bits per heavy atom. The molecule has 0 aliphatic carbocycles. The van der Waals surface area contributed by atoms with Gasteiger partial charge in [-0.05, 0) is 23.3 Å². The number of nitrogens with zero attached hydrogens (tertiary/aromatic N) is 1. The molecular formula is C16H17N. The minimum absolute atomic E-state index is 0.841. The first-order chi connectivity index (χ1) is 8.27. The van der Waals surface area contributed by atoms with Crippen LogP contribution in [0.3, 0.4) is 0 Å². The highest BCUT2D eigenvalue weighted by Crippen LogP contribution is 2.17. The first-order valence-corrected chi connectivity index (χ1v) is 5.77. The number of hydrogen-bond donors (Lipinski definition) is 0. The van der Waals surface area contributed by atoms with Crippen molar-refractivity contribution in [3.8, 4) is 0 Å². The van der Waals surface area contributed by atoms with Gasteiger partial charge in [-0.2, -0.15) is 0 Å². The Kier molecular flexibility index (Phi) is 3.61. The molecule has 0 aliphatic heterocycles. The van der Waals surface area contributed by atoms with Gasteiger partial charge in [0.15, 0.2) is 0 Å². The average Bonchev–Trinajstić information content (AvgIpc) is 2.40. The summed E-state index contributed by atoms with van der Waals surface area (Å²) < 4.78 is 0. The molecule has 0 N–H and O–H groups in total. The van der Waals surface area contributed by atoms with Gasteiger partial charge in [-0.1, -0.05) is 55.1 Å². The summed E-state index contributed by atoms with van der Waals surface area (Å²) >= 11 is 0. The van der Waals surface area contributed by atoms with Crippen molar-refractivity contribution in [3.05, 3.63) is 72.8 Å². The molecule has 0 unspecified atom stereocenters. The molecule has 0 bridgehead atoms. The van der Waals surface area contributed by atoms with Gasteiger partial charge in [-0.3, -0.25) is 0 Å².